The molecule has 1 unspecified atom stereocenters. The number of carbonyl (C=O) groups excluding carboxylic acids is 1. The first-order valence-corrected chi connectivity index (χ1v) is 6.04. The molecule has 0 aliphatic rings. The van der Waals surface area contributed by atoms with E-state index in [1.165, 1.54) is 6.08 Å². The molecule has 19 heavy (non-hydrogen) atoms. The van der Waals surface area contributed by atoms with E-state index < -0.39 is 5.97 Å². The van der Waals surface area contributed by atoms with Crippen molar-refractivity contribution in [3.05, 3.63) is 36.3 Å². The van der Waals surface area contributed by atoms with Crippen LogP contribution in [0.3, 0.4) is 0 Å². The van der Waals surface area contributed by atoms with E-state index >= 15 is 0 Å². The van der Waals surface area contributed by atoms with E-state index in [-0.39, 0.29) is 18.6 Å². The highest BCUT2D eigenvalue weighted by Gasteiger charge is 2.07. The van der Waals surface area contributed by atoms with Gasteiger partial charge in [-0.15, -0.1) is 0 Å². The summed E-state index contributed by atoms with van der Waals surface area (Å²) >= 11 is 0. The Balaban J connectivity index is 2.15. The summed E-state index contributed by atoms with van der Waals surface area (Å²) in [7, 11) is 0. The molecule has 3 N–H and O–H groups in total. The van der Waals surface area contributed by atoms with Crippen molar-refractivity contribution in [3.8, 4) is 0 Å². The third kappa shape index (κ3) is 6.92. The normalized spacial score (nSPS) is 12.3. The molecular formula is C13H18N2O4. The fourth-order valence-corrected chi connectivity index (χ4v) is 1.47. The average Bonchev–Trinajstić information content (AvgIpc) is 2.85. The van der Waals surface area contributed by atoms with E-state index in [1.807, 2.05) is 19.1 Å². The molecule has 0 aliphatic carbocycles. The topological polar surface area (TPSA) is 91.6 Å². The Hall–Kier alpha value is -2.24. The van der Waals surface area contributed by atoms with Crippen molar-refractivity contribution >= 4 is 12.0 Å². The molecule has 0 bridgehead atoms. The van der Waals surface area contributed by atoms with Gasteiger partial charge in [0.05, 0.1) is 6.26 Å². The largest absolute Gasteiger partial charge is 0.478 e. The second-order valence-electron chi connectivity index (χ2n) is 4.11. The lowest BCUT2D eigenvalue weighted by Gasteiger charge is -2.13. The van der Waals surface area contributed by atoms with Crippen molar-refractivity contribution in [3.63, 3.8) is 0 Å². The zero-order chi connectivity index (χ0) is 14.1. The molecule has 1 aromatic heterocycles. The van der Waals surface area contributed by atoms with Gasteiger partial charge < -0.3 is 20.2 Å². The standard InChI is InChI=1S/C13H18N2O4/c1-10(6-7-11-4-3-9-19-11)15-13(18)14-8-2-5-12(16)17/h2-5,9-10H,6-8H2,1H3,(H,16,17)(H2,14,15,18)/b5-2+. The molecule has 2 amide bonds. The molecule has 104 valence electrons. The summed E-state index contributed by atoms with van der Waals surface area (Å²) < 4.78 is 5.20. The average molecular weight is 266 g/mol. The van der Waals surface area contributed by atoms with Crippen molar-refractivity contribution < 1.29 is 19.1 Å². The van der Waals surface area contributed by atoms with Crippen molar-refractivity contribution in [2.75, 3.05) is 6.54 Å². The Morgan fingerprint density at radius 2 is 2.32 bits per heavy atom. The van der Waals surface area contributed by atoms with Crippen LogP contribution in [0.1, 0.15) is 19.1 Å². The van der Waals surface area contributed by atoms with Crippen molar-refractivity contribution in [1.29, 1.82) is 0 Å². The van der Waals surface area contributed by atoms with Crippen LogP contribution in [0.4, 0.5) is 4.79 Å². The van der Waals surface area contributed by atoms with Gasteiger partial charge in [-0.05, 0) is 25.5 Å². The highest BCUT2D eigenvalue weighted by molar-refractivity contribution is 5.80. The van der Waals surface area contributed by atoms with Gasteiger partial charge in [-0.3, -0.25) is 0 Å². The molecular weight excluding hydrogens is 248 g/mol. The summed E-state index contributed by atoms with van der Waals surface area (Å²) in [5.41, 5.74) is 0. The lowest BCUT2D eigenvalue weighted by Crippen LogP contribution is -2.41. The molecule has 0 spiro atoms. The molecule has 6 heteroatoms. The predicted molar refractivity (Wildman–Crippen MR) is 69.8 cm³/mol. The molecule has 1 atom stereocenters. The summed E-state index contributed by atoms with van der Waals surface area (Å²) in [6, 6.07) is 3.41. The summed E-state index contributed by atoms with van der Waals surface area (Å²) in [4.78, 5) is 21.6. The first-order chi connectivity index (χ1) is 9.08. The molecule has 0 aromatic carbocycles. The van der Waals surface area contributed by atoms with Gasteiger partial charge in [0.1, 0.15) is 5.76 Å². The molecule has 0 saturated carbocycles. The Bertz CT molecular complexity index is 426. The van der Waals surface area contributed by atoms with Crippen LogP contribution in [0.25, 0.3) is 0 Å². The fourth-order valence-electron chi connectivity index (χ4n) is 1.47. The third-order valence-electron chi connectivity index (χ3n) is 2.42. The minimum absolute atomic E-state index is 0.00792. The molecule has 0 radical (unpaired) electrons. The third-order valence-corrected chi connectivity index (χ3v) is 2.42. The number of furan rings is 1. The second kappa shape index (κ2) is 7.97. The Labute approximate surface area is 111 Å². The number of carbonyl (C=O) groups is 2. The number of carboxylic acids is 1. The van der Waals surface area contributed by atoms with Crippen molar-refractivity contribution in [1.82, 2.24) is 10.6 Å². The molecule has 0 fully saturated rings. The highest BCUT2D eigenvalue weighted by Crippen LogP contribution is 2.05. The number of urea groups is 1. The SMILES string of the molecule is CC(CCc1ccco1)NC(=O)NC/C=C/C(=O)O. The van der Waals surface area contributed by atoms with E-state index in [0.29, 0.717) is 0 Å². The van der Waals surface area contributed by atoms with Crippen LogP contribution in [-0.2, 0) is 11.2 Å². The smallest absolute Gasteiger partial charge is 0.328 e. The van der Waals surface area contributed by atoms with Crippen molar-refractivity contribution in [2.24, 2.45) is 0 Å². The number of hydrogen-bond acceptors (Lipinski definition) is 3. The number of rotatable bonds is 7. The maximum absolute atomic E-state index is 11.4. The number of nitrogens with one attached hydrogen (secondary N) is 2. The summed E-state index contributed by atoms with van der Waals surface area (Å²) in [6.45, 7) is 2.08. The van der Waals surface area contributed by atoms with Crippen LogP contribution in [0.15, 0.2) is 35.0 Å². The Kier molecular flexibility index (Phi) is 6.21. The van der Waals surface area contributed by atoms with Crippen LogP contribution < -0.4 is 10.6 Å². The van der Waals surface area contributed by atoms with E-state index in [9.17, 15) is 9.59 Å². The zero-order valence-electron chi connectivity index (χ0n) is 10.8. The van der Waals surface area contributed by atoms with Crippen LogP contribution in [0.2, 0.25) is 0 Å². The first-order valence-electron chi connectivity index (χ1n) is 6.04. The molecule has 1 aromatic rings. The van der Waals surface area contributed by atoms with Crippen LogP contribution >= 0.6 is 0 Å². The molecule has 0 aliphatic heterocycles. The van der Waals surface area contributed by atoms with Gasteiger partial charge in [0.15, 0.2) is 0 Å². The van der Waals surface area contributed by atoms with Gasteiger partial charge in [0.25, 0.3) is 0 Å². The lowest BCUT2D eigenvalue weighted by molar-refractivity contribution is -0.131. The summed E-state index contributed by atoms with van der Waals surface area (Å²) in [5, 5.41) is 13.7. The lowest BCUT2D eigenvalue weighted by atomic mass is 10.1. The minimum Gasteiger partial charge on any atom is -0.478 e. The summed E-state index contributed by atoms with van der Waals surface area (Å²) in [5.74, 6) is -0.146. The predicted octanol–water partition coefficient (Wildman–Crippen LogP) is 1.54. The van der Waals surface area contributed by atoms with E-state index in [4.69, 9.17) is 9.52 Å². The number of carboxylic acid groups (broad SMARTS) is 1. The van der Waals surface area contributed by atoms with Gasteiger partial charge in [-0.25, -0.2) is 9.59 Å². The van der Waals surface area contributed by atoms with Gasteiger partial charge in [-0.2, -0.15) is 0 Å². The number of hydrogen-bond donors (Lipinski definition) is 3. The Morgan fingerprint density at radius 1 is 1.53 bits per heavy atom. The number of aliphatic carboxylic acids is 1. The van der Waals surface area contributed by atoms with Gasteiger partial charge in [-0.1, -0.05) is 6.08 Å². The molecule has 1 rings (SSSR count). The molecule has 0 saturated heterocycles. The Morgan fingerprint density at radius 3 is 2.95 bits per heavy atom. The maximum atomic E-state index is 11.4. The van der Waals surface area contributed by atoms with E-state index in [1.54, 1.807) is 6.26 Å². The van der Waals surface area contributed by atoms with Crippen LogP contribution in [-0.4, -0.2) is 29.7 Å². The second-order valence-corrected chi connectivity index (χ2v) is 4.11. The van der Waals surface area contributed by atoms with Crippen molar-refractivity contribution in [2.45, 2.75) is 25.8 Å². The van der Waals surface area contributed by atoms with E-state index in [2.05, 4.69) is 10.6 Å². The molecule has 1 heterocycles. The van der Waals surface area contributed by atoms with Crippen LogP contribution in [0.5, 0.6) is 0 Å². The first kappa shape index (κ1) is 14.8. The van der Waals surface area contributed by atoms with Crippen LogP contribution in [0, 0.1) is 0 Å². The fraction of sp³-hybridized carbons (Fsp3) is 0.385. The quantitative estimate of drug-likeness (QED) is 0.653. The van der Waals surface area contributed by atoms with Gasteiger partial charge in [0, 0.05) is 25.1 Å². The van der Waals surface area contributed by atoms with E-state index in [0.717, 1.165) is 24.7 Å². The zero-order valence-corrected chi connectivity index (χ0v) is 10.8. The monoisotopic (exact) mass is 266 g/mol. The van der Waals surface area contributed by atoms with Gasteiger partial charge >= 0.3 is 12.0 Å². The van der Waals surface area contributed by atoms with Gasteiger partial charge in [0.2, 0.25) is 0 Å². The number of amides is 2. The summed E-state index contributed by atoms with van der Waals surface area (Å²) in [6.07, 6.45) is 5.50. The highest BCUT2D eigenvalue weighted by atomic mass is 16.4. The number of aryl methyl sites for hydroxylation is 1. The molecule has 6 nitrogen and oxygen atoms in total. The minimum atomic E-state index is -1.03. The maximum Gasteiger partial charge on any atom is 0.328 e.